The van der Waals surface area contributed by atoms with E-state index in [1.54, 1.807) is 0 Å². The number of fused-ring (bicyclic) bond motifs is 1. The average molecular weight is 337 g/mol. The number of nitrogens with zero attached hydrogens (tertiary/aromatic N) is 2. The Balaban J connectivity index is 1.83. The van der Waals surface area contributed by atoms with Gasteiger partial charge in [-0.1, -0.05) is 0 Å². The van der Waals surface area contributed by atoms with Crippen LogP contribution in [0.1, 0.15) is 32.6 Å². The number of benzene rings is 1. The summed E-state index contributed by atoms with van der Waals surface area (Å²) in [6.07, 6.45) is 3.67. The molecule has 3 N–H and O–H groups in total. The van der Waals surface area contributed by atoms with Gasteiger partial charge in [0.15, 0.2) is 0 Å². The summed E-state index contributed by atoms with van der Waals surface area (Å²) < 4.78 is 8.70. The van der Waals surface area contributed by atoms with Crippen LogP contribution in [0.25, 0.3) is 11.0 Å². The number of rotatable bonds is 2. The van der Waals surface area contributed by atoms with Crippen LogP contribution in [0.4, 0.5) is 5.69 Å². The summed E-state index contributed by atoms with van der Waals surface area (Å²) in [4.78, 5) is 12.5. The first-order valence-corrected chi connectivity index (χ1v) is 8.43. The minimum absolute atomic E-state index is 0.0907. The number of aromatic nitrogens is 2. The Morgan fingerprint density at radius 2 is 2.35 bits per heavy atom. The topological polar surface area (TPSA) is 80.9 Å². The van der Waals surface area contributed by atoms with Crippen molar-refractivity contribution in [1.29, 1.82) is 0 Å². The van der Waals surface area contributed by atoms with Crippen molar-refractivity contribution < 1.29 is 4.79 Å². The molecular formula is C14H18N4OSe. The van der Waals surface area contributed by atoms with Gasteiger partial charge in [0.1, 0.15) is 0 Å². The third-order valence-corrected chi connectivity index (χ3v) is 5.16. The van der Waals surface area contributed by atoms with Crippen molar-refractivity contribution in [3.8, 4) is 0 Å². The third-order valence-electron chi connectivity index (χ3n) is 4.02. The zero-order valence-corrected chi connectivity index (χ0v) is 13.1. The van der Waals surface area contributed by atoms with E-state index < -0.39 is 5.54 Å². The van der Waals surface area contributed by atoms with Crippen LogP contribution in [-0.2, 0) is 4.79 Å². The monoisotopic (exact) mass is 338 g/mol. The van der Waals surface area contributed by atoms with E-state index in [4.69, 9.17) is 5.73 Å². The fraction of sp³-hybridized carbons (Fsp3) is 0.500. The number of hydrogen-bond acceptors (Lipinski definition) is 4. The van der Waals surface area contributed by atoms with Gasteiger partial charge in [-0.3, -0.25) is 0 Å². The van der Waals surface area contributed by atoms with Gasteiger partial charge >= 0.3 is 124 Å². The average Bonchev–Trinajstić information content (AvgIpc) is 2.87. The van der Waals surface area contributed by atoms with Crippen molar-refractivity contribution in [1.82, 2.24) is 7.96 Å². The molecule has 6 heteroatoms. The Morgan fingerprint density at radius 1 is 1.50 bits per heavy atom. The number of nitrogens with one attached hydrogen (secondary N) is 1. The van der Waals surface area contributed by atoms with E-state index in [9.17, 15) is 4.79 Å². The van der Waals surface area contributed by atoms with Crippen molar-refractivity contribution in [2.75, 3.05) is 5.32 Å². The summed E-state index contributed by atoms with van der Waals surface area (Å²) in [7, 11) is 0. The molecule has 0 spiro atoms. The maximum atomic E-state index is 12.5. The normalized spacial score (nSPS) is 26.6. The Morgan fingerprint density at radius 3 is 3.15 bits per heavy atom. The van der Waals surface area contributed by atoms with Crippen molar-refractivity contribution in [3.63, 3.8) is 0 Å². The molecule has 1 aliphatic rings. The summed E-state index contributed by atoms with van der Waals surface area (Å²) in [6, 6.07) is 5.68. The second-order valence-electron chi connectivity index (χ2n) is 5.75. The first-order chi connectivity index (χ1) is 9.58. The summed E-state index contributed by atoms with van der Waals surface area (Å²) >= 11 is -0.0943. The molecule has 3 rings (SSSR count). The molecule has 1 aromatic carbocycles. The van der Waals surface area contributed by atoms with E-state index in [1.165, 1.54) is 0 Å². The molecular weight excluding hydrogens is 319 g/mol. The Hall–Kier alpha value is -1.23. The molecule has 1 heterocycles. The van der Waals surface area contributed by atoms with Gasteiger partial charge in [0, 0.05) is 0 Å². The number of anilines is 1. The van der Waals surface area contributed by atoms with Crippen molar-refractivity contribution >= 4 is 37.6 Å². The molecule has 20 heavy (non-hydrogen) atoms. The standard InChI is InChI=1S/C14H18N4OSe/c1-9-4-3-7-14(15,8-9)13(19)16-10-5-2-6-11-12(10)18-20-17-11/h2,5-6,9H,3-4,7-8,15H2,1H3,(H,16,19). The summed E-state index contributed by atoms with van der Waals surface area (Å²) in [6.45, 7) is 2.16. The molecule has 1 aliphatic carbocycles. The van der Waals surface area contributed by atoms with Crippen molar-refractivity contribution in [2.24, 2.45) is 11.7 Å². The van der Waals surface area contributed by atoms with Gasteiger partial charge in [-0.05, 0) is 0 Å². The fourth-order valence-electron chi connectivity index (χ4n) is 2.95. The molecule has 1 fully saturated rings. The van der Waals surface area contributed by atoms with E-state index >= 15 is 0 Å². The second-order valence-corrected chi connectivity index (χ2v) is 6.86. The molecule has 0 saturated heterocycles. The molecule has 1 saturated carbocycles. The summed E-state index contributed by atoms with van der Waals surface area (Å²) in [5.74, 6) is 0.413. The van der Waals surface area contributed by atoms with Crippen molar-refractivity contribution in [2.45, 2.75) is 38.1 Å². The predicted octanol–water partition coefficient (Wildman–Crippen LogP) is 1.53. The van der Waals surface area contributed by atoms with Gasteiger partial charge in [0.25, 0.3) is 0 Å². The number of carbonyl (C=O) groups excluding carboxylic acids is 1. The van der Waals surface area contributed by atoms with Crippen LogP contribution in [0.2, 0.25) is 0 Å². The second kappa shape index (κ2) is 5.28. The van der Waals surface area contributed by atoms with Gasteiger partial charge in [-0.15, -0.1) is 0 Å². The van der Waals surface area contributed by atoms with Crippen LogP contribution in [0.15, 0.2) is 18.2 Å². The van der Waals surface area contributed by atoms with Crippen LogP contribution < -0.4 is 11.1 Å². The van der Waals surface area contributed by atoms with E-state index in [2.05, 4.69) is 20.2 Å². The van der Waals surface area contributed by atoms with Crippen LogP contribution >= 0.6 is 0 Å². The van der Waals surface area contributed by atoms with Gasteiger partial charge in [-0.25, -0.2) is 0 Å². The molecule has 106 valence electrons. The molecule has 0 bridgehead atoms. The van der Waals surface area contributed by atoms with Gasteiger partial charge in [-0.2, -0.15) is 0 Å². The molecule has 0 radical (unpaired) electrons. The Kier molecular flexibility index (Phi) is 3.63. The maximum absolute atomic E-state index is 12.5. The molecule has 2 atom stereocenters. The molecule has 1 aromatic heterocycles. The number of amides is 1. The van der Waals surface area contributed by atoms with E-state index in [0.717, 1.165) is 42.4 Å². The van der Waals surface area contributed by atoms with Crippen LogP contribution in [0.3, 0.4) is 0 Å². The SMILES string of the molecule is CC1CCCC(N)(C(=O)Nc2cccc3n[se]nc23)C1. The molecule has 2 aromatic rings. The summed E-state index contributed by atoms with van der Waals surface area (Å²) in [5, 5.41) is 2.97. The Bertz CT molecular complexity index is 641. The first-order valence-electron chi connectivity index (χ1n) is 6.90. The zero-order valence-electron chi connectivity index (χ0n) is 11.4. The minimum atomic E-state index is -0.749. The van der Waals surface area contributed by atoms with Gasteiger partial charge < -0.3 is 0 Å². The number of carbonyl (C=O) groups is 1. The quantitative estimate of drug-likeness (QED) is 0.815. The van der Waals surface area contributed by atoms with Crippen LogP contribution in [0, 0.1) is 5.92 Å². The molecule has 0 aliphatic heterocycles. The van der Waals surface area contributed by atoms with E-state index in [-0.39, 0.29) is 20.9 Å². The molecule has 2 unspecified atom stereocenters. The summed E-state index contributed by atoms with van der Waals surface area (Å²) in [5.41, 5.74) is 7.98. The number of nitrogens with two attached hydrogens (primary N) is 1. The van der Waals surface area contributed by atoms with Gasteiger partial charge in [0.2, 0.25) is 0 Å². The third kappa shape index (κ3) is 2.51. The van der Waals surface area contributed by atoms with Crippen LogP contribution in [-0.4, -0.2) is 34.4 Å². The van der Waals surface area contributed by atoms with E-state index in [0.29, 0.717) is 5.92 Å². The first kappa shape index (κ1) is 13.7. The predicted molar refractivity (Wildman–Crippen MR) is 79.7 cm³/mol. The molecule has 5 nitrogen and oxygen atoms in total. The fourth-order valence-corrected chi connectivity index (χ4v) is 4.11. The zero-order chi connectivity index (χ0) is 14.2. The number of hydrogen-bond donors (Lipinski definition) is 2. The molecule has 1 amide bonds. The Labute approximate surface area is 124 Å². The van der Waals surface area contributed by atoms with E-state index in [1.807, 2.05) is 18.2 Å². The van der Waals surface area contributed by atoms with Crippen LogP contribution in [0.5, 0.6) is 0 Å². The van der Waals surface area contributed by atoms with Gasteiger partial charge in [0.05, 0.1) is 0 Å². The van der Waals surface area contributed by atoms with Crippen molar-refractivity contribution in [3.05, 3.63) is 18.2 Å².